The van der Waals surface area contributed by atoms with Crippen LogP contribution in [0, 0.1) is 0 Å². The first kappa shape index (κ1) is 23.6. The van der Waals surface area contributed by atoms with Gasteiger partial charge in [0, 0.05) is 45.3 Å². The number of rotatable bonds is 7. The maximum Gasteiger partial charge on any atom is 0.243 e. The van der Waals surface area contributed by atoms with Crippen LogP contribution in [0.25, 0.3) is 0 Å². The second-order valence-electron chi connectivity index (χ2n) is 8.39. The summed E-state index contributed by atoms with van der Waals surface area (Å²) in [6.45, 7) is 4.57. The summed E-state index contributed by atoms with van der Waals surface area (Å²) >= 11 is 0. The van der Waals surface area contributed by atoms with E-state index in [1.807, 2.05) is 11.8 Å². The minimum atomic E-state index is -3.75. The summed E-state index contributed by atoms with van der Waals surface area (Å²) in [5.41, 5.74) is 0. The average Bonchev–Trinajstić information content (AvgIpc) is 3.63. The second kappa shape index (κ2) is 9.35. The van der Waals surface area contributed by atoms with Crippen molar-refractivity contribution >= 4 is 26.0 Å². The molecule has 1 aromatic rings. The largest absolute Gasteiger partial charge is 0.379 e. The molecule has 0 aromatic heterocycles. The molecule has 3 aliphatic rings. The second-order valence-corrected chi connectivity index (χ2v) is 12.3. The molecule has 0 bridgehead atoms. The van der Waals surface area contributed by atoms with Crippen molar-refractivity contribution in [3.8, 4) is 0 Å². The highest BCUT2D eigenvalue weighted by Gasteiger charge is 2.34. The summed E-state index contributed by atoms with van der Waals surface area (Å²) in [6, 6.07) is 5.38. The molecule has 1 unspecified atom stereocenters. The van der Waals surface area contributed by atoms with Crippen LogP contribution in [0.2, 0.25) is 0 Å². The van der Waals surface area contributed by atoms with Gasteiger partial charge in [0.25, 0.3) is 0 Å². The Balaban J connectivity index is 1.39. The maximum absolute atomic E-state index is 13.1. The molecule has 2 heterocycles. The van der Waals surface area contributed by atoms with E-state index >= 15 is 0 Å². The highest BCUT2D eigenvalue weighted by Crippen LogP contribution is 2.23. The fourth-order valence-electron chi connectivity index (χ4n) is 3.92. The van der Waals surface area contributed by atoms with Crippen LogP contribution in [0.3, 0.4) is 0 Å². The number of hydrogen-bond donors (Lipinski definition) is 1. The molecule has 1 amide bonds. The molecule has 3 fully saturated rings. The first-order valence-electron chi connectivity index (χ1n) is 10.9. The van der Waals surface area contributed by atoms with Crippen molar-refractivity contribution in [1.82, 2.24) is 18.8 Å². The number of nitrogens with one attached hydrogen (secondary N) is 1. The number of carbonyl (C=O) groups excluding carboxylic acids is 1. The van der Waals surface area contributed by atoms with Crippen molar-refractivity contribution in [2.24, 2.45) is 0 Å². The quantitative estimate of drug-likeness (QED) is 0.562. The predicted molar refractivity (Wildman–Crippen MR) is 117 cm³/mol. The van der Waals surface area contributed by atoms with Gasteiger partial charge in [-0.05, 0) is 44.0 Å². The Morgan fingerprint density at radius 1 is 0.875 bits per heavy atom. The number of carbonyl (C=O) groups is 1. The first-order valence-corrected chi connectivity index (χ1v) is 13.8. The SMILES string of the molecule is CC(C(=O)NC1CC1)N1CCN(S(=O)(=O)c2ccc(S(=O)(=O)N3CCOCC3)cc2)CC1. The van der Waals surface area contributed by atoms with Gasteiger partial charge >= 0.3 is 0 Å². The number of morpholine rings is 1. The molecule has 1 N–H and O–H groups in total. The third-order valence-corrected chi connectivity index (χ3v) is 10.0. The lowest BCUT2D eigenvalue weighted by molar-refractivity contribution is -0.126. The van der Waals surface area contributed by atoms with E-state index in [-0.39, 0.29) is 47.9 Å². The highest BCUT2D eigenvalue weighted by atomic mass is 32.2. The summed E-state index contributed by atoms with van der Waals surface area (Å²) < 4.78 is 59.6. The van der Waals surface area contributed by atoms with E-state index in [4.69, 9.17) is 4.74 Å². The average molecular weight is 487 g/mol. The van der Waals surface area contributed by atoms with Gasteiger partial charge in [0.15, 0.2) is 0 Å². The molecule has 1 aliphatic carbocycles. The van der Waals surface area contributed by atoms with E-state index in [0.717, 1.165) is 12.8 Å². The Hall–Kier alpha value is -1.57. The normalized spacial score (nSPS) is 23.0. The lowest BCUT2D eigenvalue weighted by atomic mass is 10.2. The zero-order valence-electron chi connectivity index (χ0n) is 18.1. The molecule has 32 heavy (non-hydrogen) atoms. The maximum atomic E-state index is 13.1. The van der Waals surface area contributed by atoms with E-state index < -0.39 is 20.0 Å². The van der Waals surface area contributed by atoms with Crippen molar-refractivity contribution in [1.29, 1.82) is 0 Å². The molecule has 178 valence electrons. The summed E-state index contributed by atoms with van der Waals surface area (Å²) in [5, 5.41) is 2.99. The summed E-state index contributed by atoms with van der Waals surface area (Å²) in [4.78, 5) is 14.4. The van der Waals surface area contributed by atoms with Crippen LogP contribution in [-0.4, -0.2) is 101 Å². The van der Waals surface area contributed by atoms with Gasteiger partial charge in [-0.3, -0.25) is 9.69 Å². The zero-order chi connectivity index (χ0) is 22.9. The number of amides is 1. The lowest BCUT2D eigenvalue weighted by Crippen LogP contribution is -2.55. The number of sulfonamides is 2. The fraction of sp³-hybridized carbons (Fsp3) is 0.650. The van der Waals surface area contributed by atoms with E-state index in [1.54, 1.807) is 0 Å². The number of benzene rings is 1. The Morgan fingerprint density at radius 3 is 1.81 bits per heavy atom. The van der Waals surface area contributed by atoms with Gasteiger partial charge in [0.05, 0.1) is 29.0 Å². The molecule has 0 radical (unpaired) electrons. The zero-order valence-corrected chi connectivity index (χ0v) is 19.8. The minimum Gasteiger partial charge on any atom is -0.379 e. The highest BCUT2D eigenvalue weighted by molar-refractivity contribution is 7.89. The fourth-order valence-corrected chi connectivity index (χ4v) is 6.75. The van der Waals surface area contributed by atoms with Gasteiger partial charge in [-0.2, -0.15) is 8.61 Å². The summed E-state index contributed by atoms with van der Waals surface area (Å²) in [6.07, 6.45) is 2.05. The number of ether oxygens (including phenoxy) is 1. The van der Waals surface area contributed by atoms with Crippen molar-refractivity contribution in [2.45, 2.75) is 41.6 Å². The Kier molecular flexibility index (Phi) is 6.89. The predicted octanol–water partition coefficient (Wildman–Crippen LogP) is -0.319. The molecule has 10 nitrogen and oxygen atoms in total. The van der Waals surface area contributed by atoms with E-state index in [0.29, 0.717) is 32.3 Å². The number of hydrogen-bond acceptors (Lipinski definition) is 7. The van der Waals surface area contributed by atoms with Crippen molar-refractivity contribution in [3.63, 3.8) is 0 Å². The molecule has 1 atom stereocenters. The van der Waals surface area contributed by atoms with Crippen LogP contribution in [0.4, 0.5) is 0 Å². The smallest absolute Gasteiger partial charge is 0.243 e. The first-order chi connectivity index (χ1) is 15.2. The number of piperazine rings is 1. The Labute approximate surface area is 189 Å². The third kappa shape index (κ3) is 5.00. The summed E-state index contributed by atoms with van der Waals surface area (Å²) in [7, 11) is -7.43. The van der Waals surface area contributed by atoms with Gasteiger partial charge in [0.2, 0.25) is 26.0 Å². The molecular weight excluding hydrogens is 456 g/mol. The lowest BCUT2D eigenvalue weighted by Gasteiger charge is -2.36. The molecule has 1 aromatic carbocycles. The van der Waals surface area contributed by atoms with Crippen LogP contribution < -0.4 is 5.32 Å². The molecule has 2 saturated heterocycles. The van der Waals surface area contributed by atoms with Gasteiger partial charge in [-0.15, -0.1) is 0 Å². The standard InChI is InChI=1S/C20H30N4O6S2/c1-16(20(25)21-17-2-3-17)22-8-10-23(11-9-22)31(26,27)18-4-6-19(7-5-18)32(28,29)24-12-14-30-15-13-24/h4-7,16-17H,2-3,8-15H2,1H3,(H,21,25). The van der Waals surface area contributed by atoms with Crippen LogP contribution >= 0.6 is 0 Å². The number of nitrogens with zero attached hydrogens (tertiary/aromatic N) is 3. The van der Waals surface area contributed by atoms with Gasteiger partial charge in [0.1, 0.15) is 0 Å². The third-order valence-electron chi connectivity index (χ3n) is 6.19. The van der Waals surface area contributed by atoms with Crippen LogP contribution in [0.1, 0.15) is 19.8 Å². The van der Waals surface area contributed by atoms with E-state index in [2.05, 4.69) is 5.32 Å². The van der Waals surface area contributed by atoms with Crippen LogP contribution in [-0.2, 0) is 29.6 Å². The molecule has 2 aliphatic heterocycles. The van der Waals surface area contributed by atoms with Crippen molar-refractivity contribution in [3.05, 3.63) is 24.3 Å². The van der Waals surface area contributed by atoms with Crippen molar-refractivity contribution in [2.75, 3.05) is 52.5 Å². The topological polar surface area (TPSA) is 116 Å². The van der Waals surface area contributed by atoms with Gasteiger partial charge in [-0.25, -0.2) is 16.8 Å². The molecular formula is C20H30N4O6S2. The Morgan fingerprint density at radius 2 is 1.34 bits per heavy atom. The molecule has 1 saturated carbocycles. The van der Waals surface area contributed by atoms with Crippen LogP contribution in [0.15, 0.2) is 34.1 Å². The van der Waals surface area contributed by atoms with Crippen molar-refractivity contribution < 1.29 is 26.4 Å². The molecule has 4 rings (SSSR count). The monoisotopic (exact) mass is 486 g/mol. The van der Waals surface area contributed by atoms with E-state index in [1.165, 1.54) is 32.9 Å². The van der Waals surface area contributed by atoms with E-state index in [9.17, 15) is 21.6 Å². The Bertz CT molecular complexity index is 1030. The van der Waals surface area contributed by atoms with Gasteiger partial charge in [-0.1, -0.05) is 0 Å². The molecule has 12 heteroatoms. The summed E-state index contributed by atoms with van der Waals surface area (Å²) in [5.74, 6) is -0.0131. The minimum absolute atomic E-state index is 0.0131. The van der Waals surface area contributed by atoms with Gasteiger partial charge < -0.3 is 10.1 Å². The van der Waals surface area contributed by atoms with Crippen LogP contribution in [0.5, 0.6) is 0 Å². The molecule has 0 spiro atoms.